The fraction of sp³-hybridized carbons (Fsp3) is 0.561. The van der Waals surface area contributed by atoms with E-state index in [1.54, 1.807) is 18.2 Å². The van der Waals surface area contributed by atoms with Crippen molar-refractivity contribution in [1.82, 2.24) is 0 Å². The second-order valence-corrected chi connectivity index (χ2v) is 20.3. The molecular formula is C57H85F3O2. The van der Waals surface area contributed by atoms with Gasteiger partial charge in [-0.3, -0.25) is 4.79 Å². The second kappa shape index (κ2) is 28.8. The molecule has 0 aliphatic heterocycles. The van der Waals surface area contributed by atoms with Crippen LogP contribution in [0.3, 0.4) is 0 Å². The summed E-state index contributed by atoms with van der Waals surface area (Å²) in [6.07, 6.45) is 8.31. The third-order valence-corrected chi connectivity index (χ3v) is 10.7. The van der Waals surface area contributed by atoms with Crippen LogP contribution in [0.1, 0.15) is 204 Å². The molecule has 62 heavy (non-hydrogen) atoms. The van der Waals surface area contributed by atoms with E-state index in [1.807, 2.05) is 36.4 Å². The van der Waals surface area contributed by atoms with Crippen LogP contribution in [0.25, 0.3) is 0 Å². The van der Waals surface area contributed by atoms with E-state index in [9.17, 15) is 18.0 Å². The van der Waals surface area contributed by atoms with Gasteiger partial charge in [-0.05, 0) is 149 Å². The first-order valence-electron chi connectivity index (χ1n) is 23.4. The van der Waals surface area contributed by atoms with E-state index in [4.69, 9.17) is 0 Å². The summed E-state index contributed by atoms with van der Waals surface area (Å²) >= 11 is 0. The Balaban J connectivity index is 0.000000415. The molecule has 0 aliphatic carbocycles. The molecule has 0 atom stereocenters. The number of halogens is 3. The van der Waals surface area contributed by atoms with Gasteiger partial charge in [-0.2, -0.15) is 0 Å². The van der Waals surface area contributed by atoms with Gasteiger partial charge in [0.2, 0.25) is 0 Å². The van der Waals surface area contributed by atoms with Crippen LogP contribution < -0.4 is 0 Å². The highest BCUT2D eigenvalue weighted by Crippen LogP contribution is 2.26. The smallest absolute Gasteiger partial charge is 0.305 e. The quantitative estimate of drug-likeness (QED) is 0.0829. The van der Waals surface area contributed by atoms with Gasteiger partial charge in [0.15, 0.2) is 0 Å². The van der Waals surface area contributed by atoms with Gasteiger partial charge in [-0.15, -0.1) is 0 Å². The summed E-state index contributed by atoms with van der Waals surface area (Å²) in [4.78, 5) is 10.9. The van der Waals surface area contributed by atoms with Crippen molar-refractivity contribution in [2.75, 3.05) is 7.11 Å². The predicted molar refractivity (Wildman–Crippen MR) is 261 cm³/mol. The Morgan fingerprint density at radius 2 is 0.984 bits per heavy atom. The molecule has 4 aromatic carbocycles. The molecule has 0 fully saturated rings. The average molecular weight is 859 g/mol. The summed E-state index contributed by atoms with van der Waals surface area (Å²) in [7, 11) is 1.44. The van der Waals surface area contributed by atoms with Crippen LogP contribution >= 0.6 is 0 Å². The lowest BCUT2D eigenvalue weighted by molar-refractivity contribution is -0.140. The number of unbranched alkanes of at least 4 members (excludes halogenated alkanes) is 2. The van der Waals surface area contributed by atoms with Crippen LogP contribution in [0, 0.1) is 34.7 Å². The summed E-state index contributed by atoms with van der Waals surface area (Å²) in [6, 6.07) is 25.3. The van der Waals surface area contributed by atoms with E-state index in [1.165, 1.54) is 34.9 Å². The maximum atomic E-state index is 13.6. The summed E-state index contributed by atoms with van der Waals surface area (Å²) in [5.41, 5.74) is 9.18. The lowest BCUT2D eigenvalue weighted by Gasteiger charge is -2.19. The van der Waals surface area contributed by atoms with Gasteiger partial charge in [0, 0.05) is 6.42 Å². The summed E-state index contributed by atoms with van der Waals surface area (Å²) in [5, 5.41) is 0. The van der Waals surface area contributed by atoms with E-state index in [0.29, 0.717) is 41.9 Å². The van der Waals surface area contributed by atoms with Crippen molar-refractivity contribution in [3.8, 4) is 0 Å². The SMILES string of the molecule is CC(C)CCc1cc(C(C)C)ccc1F.CC(C)Cc1cc(C(C)C)ccc1F.CC(C)c1ccc(F)c(CC(C)(C)C)c1.COC(=O)CCCCCc1cccc(C(C)C)c1. The first kappa shape index (κ1) is 56.2. The zero-order valence-electron chi connectivity index (χ0n) is 41.8. The van der Waals surface area contributed by atoms with Crippen LogP contribution in [-0.4, -0.2) is 13.1 Å². The van der Waals surface area contributed by atoms with Gasteiger partial charge < -0.3 is 4.74 Å². The Hall–Kier alpha value is -3.86. The van der Waals surface area contributed by atoms with Crippen molar-refractivity contribution >= 4 is 5.97 Å². The van der Waals surface area contributed by atoms with Gasteiger partial charge >= 0.3 is 5.97 Å². The van der Waals surface area contributed by atoms with Crippen molar-refractivity contribution in [2.24, 2.45) is 17.3 Å². The number of hydrogen-bond acceptors (Lipinski definition) is 2. The standard InChI is InChI=1S/C16H24O2.2C14H21F.C13H19F/c1-13(2)15-10-7-9-14(12-15)8-5-4-6-11-16(17)18-3;1-10(2)11-6-7-13(15)12(8-11)9-14(3,4)5;1-10(2)5-6-13-9-12(11(3)4)7-8-14(13)15;1-9(2)7-12-8-11(10(3)4)5-6-13(12)14/h7,9-10,12-13H,4-6,8,11H2,1-3H3;6-8,10H,9H2,1-5H3;7-11H,5-6H2,1-4H3;5-6,8-10H,7H2,1-4H3. The van der Waals surface area contributed by atoms with E-state index in [-0.39, 0.29) is 28.8 Å². The number of ether oxygens (including phenoxy) is 1. The van der Waals surface area contributed by atoms with E-state index < -0.39 is 0 Å². The number of hydrogen-bond donors (Lipinski definition) is 0. The largest absolute Gasteiger partial charge is 0.469 e. The molecule has 0 heterocycles. The molecule has 346 valence electrons. The van der Waals surface area contributed by atoms with Crippen LogP contribution in [0.5, 0.6) is 0 Å². The van der Waals surface area contributed by atoms with Gasteiger partial charge in [0.05, 0.1) is 7.11 Å². The molecule has 5 heteroatoms. The maximum Gasteiger partial charge on any atom is 0.305 e. The van der Waals surface area contributed by atoms with Crippen LogP contribution in [-0.2, 0) is 35.2 Å². The Bertz CT molecular complexity index is 1860. The van der Waals surface area contributed by atoms with Gasteiger partial charge in [-0.25, -0.2) is 13.2 Å². The molecule has 0 unspecified atom stereocenters. The first-order valence-corrected chi connectivity index (χ1v) is 23.4. The Kier molecular flexibility index (Phi) is 26.0. The lowest BCUT2D eigenvalue weighted by atomic mass is 9.86. The number of carbonyl (C=O) groups excluding carboxylic acids is 1. The van der Waals surface area contributed by atoms with Crippen molar-refractivity contribution in [1.29, 1.82) is 0 Å². The molecule has 0 bridgehead atoms. The zero-order chi connectivity index (χ0) is 47.2. The van der Waals surface area contributed by atoms with Crippen LogP contribution in [0.2, 0.25) is 0 Å². The monoisotopic (exact) mass is 859 g/mol. The minimum Gasteiger partial charge on any atom is -0.469 e. The number of benzene rings is 4. The molecule has 0 radical (unpaired) electrons. The maximum absolute atomic E-state index is 13.6. The highest BCUT2D eigenvalue weighted by molar-refractivity contribution is 5.68. The van der Waals surface area contributed by atoms with E-state index >= 15 is 0 Å². The Morgan fingerprint density at radius 3 is 1.44 bits per heavy atom. The average Bonchev–Trinajstić information content (AvgIpc) is 3.19. The predicted octanol–water partition coefficient (Wildman–Crippen LogP) is 17.3. The molecule has 2 nitrogen and oxygen atoms in total. The number of esters is 1. The summed E-state index contributed by atoms with van der Waals surface area (Å²) in [6.45, 7) is 32.2. The van der Waals surface area contributed by atoms with Crippen LogP contribution in [0.4, 0.5) is 13.2 Å². The fourth-order valence-electron chi connectivity index (χ4n) is 6.79. The number of aryl methyl sites for hydroxylation is 2. The van der Waals surface area contributed by atoms with E-state index in [0.717, 1.165) is 68.1 Å². The highest BCUT2D eigenvalue weighted by atomic mass is 19.1. The van der Waals surface area contributed by atoms with Gasteiger partial charge in [-0.1, -0.05) is 171 Å². The molecule has 0 saturated carbocycles. The lowest BCUT2D eigenvalue weighted by Crippen LogP contribution is -2.11. The van der Waals surface area contributed by atoms with Gasteiger partial charge in [0.25, 0.3) is 0 Å². The second-order valence-electron chi connectivity index (χ2n) is 20.3. The van der Waals surface area contributed by atoms with Crippen molar-refractivity contribution in [3.05, 3.63) is 141 Å². The molecule has 4 rings (SSSR count). The Morgan fingerprint density at radius 1 is 0.532 bits per heavy atom. The number of methoxy groups -OCH3 is 1. The van der Waals surface area contributed by atoms with Crippen molar-refractivity contribution < 1.29 is 22.7 Å². The molecular weight excluding hydrogens is 774 g/mol. The number of carbonyl (C=O) groups is 1. The molecule has 0 N–H and O–H groups in total. The minimum atomic E-state index is -0.100. The Labute approximate surface area is 377 Å². The summed E-state index contributed by atoms with van der Waals surface area (Å²) < 4.78 is 45.1. The molecule has 0 saturated heterocycles. The summed E-state index contributed by atoms with van der Waals surface area (Å²) in [5.74, 6) is 2.84. The molecule has 0 aromatic heterocycles. The van der Waals surface area contributed by atoms with E-state index in [2.05, 4.69) is 133 Å². The topological polar surface area (TPSA) is 26.3 Å². The van der Waals surface area contributed by atoms with Gasteiger partial charge in [0.1, 0.15) is 17.5 Å². The third-order valence-electron chi connectivity index (χ3n) is 10.7. The normalized spacial score (nSPS) is 11.4. The van der Waals surface area contributed by atoms with Crippen molar-refractivity contribution in [2.45, 2.75) is 185 Å². The fourth-order valence-corrected chi connectivity index (χ4v) is 6.79. The van der Waals surface area contributed by atoms with Crippen molar-refractivity contribution in [3.63, 3.8) is 0 Å². The van der Waals surface area contributed by atoms with Crippen LogP contribution in [0.15, 0.2) is 78.9 Å². The molecule has 4 aromatic rings. The minimum absolute atomic E-state index is 0.0555. The molecule has 0 aliphatic rings. The zero-order valence-corrected chi connectivity index (χ0v) is 41.8. The molecule has 0 spiro atoms. The first-order chi connectivity index (χ1) is 28.9. The highest BCUT2D eigenvalue weighted by Gasteiger charge is 2.15. The molecule has 0 amide bonds. The number of rotatable bonds is 16. The third kappa shape index (κ3) is 23.5.